The van der Waals surface area contributed by atoms with Crippen molar-refractivity contribution in [2.24, 2.45) is 0 Å². The summed E-state index contributed by atoms with van der Waals surface area (Å²) in [5, 5.41) is 20.7. The first-order valence-electron chi connectivity index (χ1n) is 6.54. The number of carbonyl (C=O) groups excluding carboxylic acids is 1. The number of carbonyl (C=O) groups is 1. The van der Waals surface area contributed by atoms with E-state index in [1.54, 1.807) is 11.8 Å². The summed E-state index contributed by atoms with van der Waals surface area (Å²) in [6.45, 7) is 0.0660. The zero-order valence-electron chi connectivity index (χ0n) is 11.6. The van der Waals surface area contributed by atoms with E-state index in [0.29, 0.717) is 12.8 Å². The van der Waals surface area contributed by atoms with Gasteiger partial charge in [-0.3, -0.25) is 4.79 Å². The highest BCUT2D eigenvalue weighted by Gasteiger charge is 2.13. The smallest absolute Gasteiger partial charge is 0.224 e. The Bertz CT molecular complexity index is 465. The molecular formula is C15H20N2O2S. The standard InChI is InChI=1S/C15H20N2O2S/c1-20-11-14(7-9-18)17-15(19)10-13-5-3-2-4-12(13)6-8-16/h2-5,14,18H,6-7,9-11H2,1H3,(H,17,19). The van der Waals surface area contributed by atoms with Gasteiger partial charge in [-0.25, -0.2) is 0 Å². The predicted octanol–water partition coefficient (Wildman–Crippen LogP) is 1.53. The van der Waals surface area contributed by atoms with Gasteiger partial charge in [0.25, 0.3) is 0 Å². The second-order valence-electron chi connectivity index (χ2n) is 4.51. The molecule has 108 valence electrons. The Labute approximate surface area is 124 Å². The van der Waals surface area contributed by atoms with Crippen molar-refractivity contribution in [3.63, 3.8) is 0 Å². The SMILES string of the molecule is CSCC(CCO)NC(=O)Cc1ccccc1CC#N. The van der Waals surface area contributed by atoms with Gasteiger partial charge in [0.15, 0.2) is 0 Å². The summed E-state index contributed by atoms with van der Waals surface area (Å²) in [6, 6.07) is 9.60. The monoisotopic (exact) mass is 292 g/mol. The van der Waals surface area contributed by atoms with Crippen LogP contribution in [-0.2, 0) is 17.6 Å². The third kappa shape index (κ3) is 5.64. The van der Waals surface area contributed by atoms with E-state index >= 15 is 0 Å². The van der Waals surface area contributed by atoms with Gasteiger partial charge in [0.05, 0.1) is 18.9 Å². The molecule has 0 aliphatic carbocycles. The maximum absolute atomic E-state index is 12.0. The first-order valence-corrected chi connectivity index (χ1v) is 7.93. The van der Waals surface area contributed by atoms with E-state index in [1.807, 2.05) is 30.5 Å². The zero-order chi connectivity index (χ0) is 14.8. The largest absolute Gasteiger partial charge is 0.396 e. The van der Waals surface area contributed by atoms with Crippen LogP contribution in [0.5, 0.6) is 0 Å². The highest BCUT2D eigenvalue weighted by atomic mass is 32.2. The molecule has 2 N–H and O–H groups in total. The predicted molar refractivity (Wildman–Crippen MR) is 81.5 cm³/mol. The van der Waals surface area contributed by atoms with Crippen LogP contribution in [0.15, 0.2) is 24.3 Å². The molecule has 0 aromatic heterocycles. The number of aliphatic hydroxyl groups excluding tert-OH is 1. The molecule has 0 spiro atoms. The van der Waals surface area contributed by atoms with Crippen LogP contribution >= 0.6 is 11.8 Å². The fraction of sp³-hybridized carbons (Fsp3) is 0.467. The van der Waals surface area contributed by atoms with Crippen molar-refractivity contribution in [1.82, 2.24) is 5.32 Å². The number of nitrogens with one attached hydrogen (secondary N) is 1. The molecule has 4 nitrogen and oxygen atoms in total. The number of amides is 1. The van der Waals surface area contributed by atoms with Gasteiger partial charge >= 0.3 is 0 Å². The van der Waals surface area contributed by atoms with E-state index in [-0.39, 0.29) is 25.0 Å². The Kier molecular flexibility index (Phi) is 7.78. The van der Waals surface area contributed by atoms with E-state index in [9.17, 15) is 4.79 Å². The maximum atomic E-state index is 12.0. The number of hydrogen-bond donors (Lipinski definition) is 2. The molecule has 0 radical (unpaired) electrons. The van der Waals surface area contributed by atoms with Crippen LogP contribution in [0, 0.1) is 11.3 Å². The van der Waals surface area contributed by atoms with Gasteiger partial charge in [-0.1, -0.05) is 24.3 Å². The molecule has 0 saturated heterocycles. The van der Waals surface area contributed by atoms with Gasteiger partial charge in [0, 0.05) is 18.4 Å². The Balaban J connectivity index is 2.63. The van der Waals surface area contributed by atoms with Crippen LogP contribution in [0.1, 0.15) is 17.5 Å². The summed E-state index contributed by atoms with van der Waals surface area (Å²) >= 11 is 1.64. The molecule has 5 heteroatoms. The van der Waals surface area contributed by atoms with Crippen molar-refractivity contribution < 1.29 is 9.90 Å². The highest BCUT2D eigenvalue weighted by Crippen LogP contribution is 2.10. The molecule has 0 aliphatic heterocycles. The summed E-state index contributed by atoms with van der Waals surface area (Å²) in [7, 11) is 0. The van der Waals surface area contributed by atoms with Crippen LogP contribution in [0.3, 0.4) is 0 Å². The summed E-state index contributed by atoms with van der Waals surface area (Å²) in [4.78, 5) is 12.0. The van der Waals surface area contributed by atoms with E-state index in [2.05, 4.69) is 11.4 Å². The zero-order valence-corrected chi connectivity index (χ0v) is 12.4. The highest BCUT2D eigenvalue weighted by molar-refractivity contribution is 7.98. The quantitative estimate of drug-likeness (QED) is 0.762. The molecule has 1 aromatic carbocycles. The first kappa shape index (κ1) is 16.5. The van der Waals surface area contributed by atoms with Crippen molar-refractivity contribution in [2.75, 3.05) is 18.6 Å². The lowest BCUT2D eigenvalue weighted by Gasteiger charge is -2.17. The van der Waals surface area contributed by atoms with Crippen LogP contribution in [0.2, 0.25) is 0 Å². The molecule has 1 rings (SSSR count). The summed E-state index contributed by atoms with van der Waals surface area (Å²) in [5.74, 6) is 0.717. The number of benzene rings is 1. The molecule has 1 atom stereocenters. The lowest BCUT2D eigenvalue weighted by molar-refractivity contribution is -0.121. The van der Waals surface area contributed by atoms with Crippen molar-refractivity contribution in [2.45, 2.75) is 25.3 Å². The first-order chi connectivity index (χ1) is 9.71. The van der Waals surface area contributed by atoms with Crippen LogP contribution in [0.25, 0.3) is 0 Å². The molecule has 1 amide bonds. The van der Waals surface area contributed by atoms with Crippen LogP contribution < -0.4 is 5.32 Å². The van der Waals surface area contributed by atoms with Crippen molar-refractivity contribution in [3.8, 4) is 6.07 Å². The fourth-order valence-electron chi connectivity index (χ4n) is 1.99. The van der Waals surface area contributed by atoms with Gasteiger partial charge in [-0.15, -0.1) is 0 Å². The number of nitrogens with zero attached hydrogens (tertiary/aromatic N) is 1. The average molecular weight is 292 g/mol. The van der Waals surface area contributed by atoms with Crippen molar-refractivity contribution >= 4 is 17.7 Å². The Morgan fingerprint density at radius 2 is 2.15 bits per heavy atom. The van der Waals surface area contributed by atoms with E-state index in [1.165, 1.54) is 0 Å². The third-order valence-electron chi connectivity index (χ3n) is 2.95. The van der Waals surface area contributed by atoms with Gasteiger partial charge in [0.2, 0.25) is 5.91 Å². The van der Waals surface area contributed by atoms with Gasteiger partial charge in [-0.2, -0.15) is 17.0 Å². The summed E-state index contributed by atoms with van der Waals surface area (Å²) in [5.41, 5.74) is 1.78. The number of rotatable bonds is 8. The molecule has 0 aliphatic rings. The van der Waals surface area contributed by atoms with Crippen LogP contribution in [-0.4, -0.2) is 35.7 Å². The molecule has 1 aromatic rings. The molecule has 0 bridgehead atoms. The summed E-state index contributed by atoms with van der Waals surface area (Å²) < 4.78 is 0. The normalized spacial score (nSPS) is 11.7. The summed E-state index contributed by atoms with van der Waals surface area (Å²) in [6.07, 6.45) is 3.12. The van der Waals surface area contributed by atoms with E-state index in [0.717, 1.165) is 16.9 Å². The van der Waals surface area contributed by atoms with Gasteiger partial charge in [-0.05, 0) is 23.8 Å². The molecular weight excluding hydrogens is 272 g/mol. The molecule has 0 heterocycles. The molecule has 0 saturated carbocycles. The Morgan fingerprint density at radius 3 is 2.75 bits per heavy atom. The number of nitriles is 1. The Hall–Kier alpha value is -1.51. The van der Waals surface area contributed by atoms with Gasteiger partial charge < -0.3 is 10.4 Å². The second kappa shape index (κ2) is 9.40. The van der Waals surface area contributed by atoms with Crippen molar-refractivity contribution in [1.29, 1.82) is 5.26 Å². The minimum absolute atomic E-state index is 0.00868. The molecule has 0 fully saturated rings. The minimum Gasteiger partial charge on any atom is -0.396 e. The van der Waals surface area contributed by atoms with E-state index in [4.69, 9.17) is 10.4 Å². The maximum Gasteiger partial charge on any atom is 0.224 e. The average Bonchev–Trinajstić information content (AvgIpc) is 2.42. The number of thioether (sulfide) groups is 1. The Morgan fingerprint density at radius 1 is 1.45 bits per heavy atom. The molecule has 1 unspecified atom stereocenters. The lowest BCUT2D eigenvalue weighted by Crippen LogP contribution is -2.38. The lowest BCUT2D eigenvalue weighted by atomic mass is 10.0. The third-order valence-corrected chi connectivity index (χ3v) is 3.69. The van der Waals surface area contributed by atoms with Crippen molar-refractivity contribution in [3.05, 3.63) is 35.4 Å². The van der Waals surface area contributed by atoms with Gasteiger partial charge in [0.1, 0.15) is 0 Å². The minimum atomic E-state index is -0.0668. The topological polar surface area (TPSA) is 73.1 Å². The second-order valence-corrected chi connectivity index (χ2v) is 5.42. The fourth-order valence-corrected chi connectivity index (χ4v) is 2.65. The molecule has 20 heavy (non-hydrogen) atoms. The van der Waals surface area contributed by atoms with Crippen LogP contribution in [0.4, 0.5) is 0 Å². The van der Waals surface area contributed by atoms with E-state index < -0.39 is 0 Å². The number of hydrogen-bond acceptors (Lipinski definition) is 4. The number of aliphatic hydroxyl groups is 1.